The molecule has 0 aliphatic heterocycles. The highest BCUT2D eigenvalue weighted by molar-refractivity contribution is 6.11. The number of benzene rings is 7. The molecule has 0 atom stereocenters. The Kier molecular flexibility index (Phi) is 6.22. The second-order valence-electron chi connectivity index (χ2n) is 12.0. The van der Waals surface area contributed by atoms with Crippen molar-refractivity contribution in [1.29, 1.82) is 5.26 Å². The van der Waals surface area contributed by atoms with Crippen molar-refractivity contribution in [3.8, 4) is 39.7 Å². The molecule has 9 rings (SSSR count). The van der Waals surface area contributed by atoms with Gasteiger partial charge in [-0.15, -0.1) is 0 Å². The van der Waals surface area contributed by atoms with Gasteiger partial charge in [-0.05, 0) is 82.7 Å². The van der Waals surface area contributed by atoms with Crippen molar-refractivity contribution < 1.29 is 0 Å². The summed E-state index contributed by atoms with van der Waals surface area (Å²) in [5.41, 5.74) is 12.0. The predicted molar refractivity (Wildman–Crippen MR) is 197 cm³/mol. The third kappa shape index (κ3) is 4.22. The number of aromatic nitrogens is 2. The number of hydrogen-bond acceptors (Lipinski definition) is 1. The van der Waals surface area contributed by atoms with Gasteiger partial charge in [-0.25, -0.2) is 4.85 Å². The van der Waals surface area contributed by atoms with Crippen LogP contribution in [0.5, 0.6) is 0 Å². The molecule has 0 N–H and O–H groups in total. The normalized spacial score (nSPS) is 11.3. The van der Waals surface area contributed by atoms with Gasteiger partial charge in [0.2, 0.25) is 0 Å². The van der Waals surface area contributed by atoms with Crippen molar-refractivity contribution in [3.63, 3.8) is 0 Å². The Labute approximate surface area is 277 Å². The van der Waals surface area contributed by atoms with Crippen molar-refractivity contribution in [2.45, 2.75) is 0 Å². The minimum absolute atomic E-state index is 0.604. The van der Waals surface area contributed by atoms with Crippen LogP contribution in [0.15, 0.2) is 158 Å². The van der Waals surface area contributed by atoms with Crippen molar-refractivity contribution in [2.24, 2.45) is 0 Å². The highest BCUT2D eigenvalue weighted by atomic mass is 15.0. The molecule has 4 nitrogen and oxygen atoms in total. The Balaban J connectivity index is 1.17. The fourth-order valence-electron chi connectivity index (χ4n) is 7.19. The molecule has 222 valence electrons. The average molecular weight is 611 g/mol. The number of fused-ring (bicyclic) bond motifs is 6. The van der Waals surface area contributed by atoms with Gasteiger partial charge in [0.05, 0.1) is 46.0 Å². The summed E-state index contributed by atoms with van der Waals surface area (Å²) in [4.78, 5) is 3.68. The SMILES string of the molecule is [C-]#[N+]c1ccc2c(c1)c1ccccc1n2-c1ccc(C#N)cc1-c1ccc(-c2cccc(-n3c4ccccc4c4ccccc43)c2)cc1. The third-order valence-electron chi connectivity index (χ3n) is 9.37. The molecule has 0 radical (unpaired) electrons. The van der Waals surface area contributed by atoms with E-state index in [1.807, 2.05) is 48.5 Å². The van der Waals surface area contributed by atoms with Crippen LogP contribution in [0.3, 0.4) is 0 Å². The summed E-state index contributed by atoms with van der Waals surface area (Å²) in [5, 5.41) is 14.5. The molecule has 4 heteroatoms. The van der Waals surface area contributed by atoms with E-state index in [0.29, 0.717) is 11.3 Å². The topological polar surface area (TPSA) is 38.0 Å². The van der Waals surface area contributed by atoms with Gasteiger partial charge >= 0.3 is 0 Å². The molecule has 0 bridgehead atoms. The minimum atomic E-state index is 0.604. The van der Waals surface area contributed by atoms with E-state index in [2.05, 4.69) is 129 Å². The number of nitriles is 1. The summed E-state index contributed by atoms with van der Waals surface area (Å²) < 4.78 is 4.59. The molecular formula is C44H26N4. The van der Waals surface area contributed by atoms with Crippen LogP contribution in [-0.4, -0.2) is 9.13 Å². The van der Waals surface area contributed by atoms with Gasteiger partial charge in [0.1, 0.15) is 0 Å². The molecule has 0 aliphatic rings. The molecule has 0 unspecified atom stereocenters. The first-order chi connectivity index (χ1) is 23.7. The largest absolute Gasteiger partial charge is 0.309 e. The molecule has 48 heavy (non-hydrogen) atoms. The Hall–Kier alpha value is -6.88. The zero-order valence-corrected chi connectivity index (χ0v) is 25.8. The van der Waals surface area contributed by atoms with Gasteiger partial charge in [-0.1, -0.05) is 97.1 Å². The first kappa shape index (κ1) is 27.4. The van der Waals surface area contributed by atoms with E-state index >= 15 is 0 Å². The van der Waals surface area contributed by atoms with Crippen LogP contribution < -0.4 is 0 Å². The number of nitrogens with zero attached hydrogens (tertiary/aromatic N) is 4. The highest BCUT2D eigenvalue weighted by Gasteiger charge is 2.17. The van der Waals surface area contributed by atoms with Gasteiger partial charge in [-0.2, -0.15) is 5.26 Å². The fraction of sp³-hybridized carbons (Fsp3) is 0. The molecule has 0 fully saturated rings. The smallest absolute Gasteiger partial charge is 0.188 e. The summed E-state index contributed by atoms with van der Waals surface area (Å²) in [6, 6.07) is 56.8. The summed E-state index contributed by atoms with van der Waals surface area (Å²) in [7, 11) is 0. The van der Waals surface area contributed by atoms with Crippen LogP contribution in [0, 0.1) is 17.9 Å². The Bertz CT molecular complexity index is 2750. The van der Waals surface area contributed by atoms with Gasteiger partial charge in [0.25, 0.3) is 0 Å². The van der Waals surface area contributed by atoms with Gasteiger partial charge < -0.3 is 9.13 Å². The van der Waals surface area contributed by atoms with Crippen LogP contribution >= 0.6 is 0 Å². The minimum Gasteiger partial charge on any atom is -0.309 e. The predicted octanol–water partition coefficient (Wildman–Crippen LogP) is 11.6. The molecule has 0 saturated carbocycles. The summed E-state index contributed by atoms with van der Waals surface area (Å²) in [5.74, 6) is 0. The summed E-state index contributed by atoms with van der Waals surface area (Å²) >= 11 is 0. The lowest BCUT2D eigenvalue weighted by Gasteiger charge is -2.15. The first-order valence-electron chi connectivity index (χ1n) is 15.9. The third-order valence-corrected chi connectivity index (χ3v) is 9.37. The number of rotatable bonds is 4. The second kappa shape index (κ2) is 10.9. The quantitative estimate of drug-likeness (QED) is 0.183. The maximum atomic E-state index is 9.87. The van der Waals surface area contributed by atoms with E-state index in [-0.39, 0.29) is 0 Å². The van der Waals surface area contributed by atoms with E-state index in [4.69, 9.17) is 6.57 Å². The molecule has 2 aromatic heterocycles. The molecule has 0 amide bonds. The van der Waals surface area contributed by atoms with E-state index in [1.165, 1.54) is 21.8 Å². The van der Waals surface area contributed by atoms with E-state index in [1.54, 1.807) is 0 Å². The average Bonchev–Trinajstić information content (AvgIpc) is 3.67. The number of hydrogen-bond donors (Lipinski definition) is 0. The highest BCUT2D eigenvalue weighted by Crippen LogP contribution is 2.39. The lowest BCUT2D eigenvalue weighted by atomic mass is 9.97. The summed E-state index contributed by atoms with van der Waals surface area (Å²) in [6.07, 6.45) is 0. The first-order valence-corrected chi connectivity index (χ1v) is 15.9. The van der Waals surface area contributed by atoms with Crippen molar-refractivity contribution in [2.75, 3.05) is 0 Å². The van der Waals surface area contributed by atoms with Crippen molar-refractivity contribution in [3.05, 3.63) is 175 Å². The van der Waals surface area contributed by atoms with Crippen LogP contribution in [0.4, 0.5) is 5.69 Å². The maximum Gasteiger partial charge on any atom is 0.188 e. The molecule has 2 heterocycles. The Morgan fingerprint density at radius 2 is 1.08 bits per heavy atom. The monoisotopic (exact) mass is 610 g/mol. The standard InChI is InChI=1S/C44H26N4/c1-46-33-22-24-44-39(27-33)37-13-4-7-16-42(37)48(44)43-23-17-29(28-45)25-38(43)31-20-18-30(19-21-31)32-9-8-10-34(26-32)47-40-14-5-2-11-35(40)36-12-3-6-15-41(36)47/h2-27H. The van der Waals surface area contributed by atoms with E-state index < -0.39 is 0 Å². The van der Waals surface area contributed by atoms with Gasteiger partial charge in [0.15, 0.2) is 5.69 Å². The van der Waals surface area contributed by atoms with Gasteiger partial charge in [-0.3, -0.25) is 0 Å². The maximum absolute atomic E-state index is 9.87. The van der Waals surface area contributed by atoms with Crippen LogP contribution in [0.2, 0.25) is 0 Å². The lowest BCUT2D eigenvalue weighted by molar-refractivity contribution is 1.18. The summed E-state index contributed by atoms with van der Waals surface area (Å²) in [6.45, 7) is 7.57. The van der Waals surface area contributed by atoms with Gasteiger partial charge in [0, 0.05) is 27.4 Å². The zero-order chi connectivity index (χ0) is 32.2. The second-order valence-corrected chi connectivity index (χ2v) is 12.0. The molecule has 0 spiro atoms. The molecule has 0 aliphatic carbocycles. The van der Waals surface area contributed by atoms with Crippen LogP contribution in [0.25, 0.3) is 82.1 Å². The Morgan fingerprint density at radius 3 is 1.75 bits per heavy atom. The zero-order valence-electron chi connectivity index (χ0n) is 25.8. The molecule has 0 saturated heterocycles. The number of para-hydroxylation sites is 3. The van der Waals surface area contributed by atoms with Crippen LogP contribution in [-0.2, 0) is 0 Å². The fourth-order valence-corrected chi connectivity index (χ4v) is 7.19. The molecule has 9 aromatic rings. The van der Waals surface area contributed by atoms with Crippen molar-refractivity contribution >= 4 is 49.3 Å². The van der Waals surface area contributed by atoms with Crippen LogP contribution in [0.1, 0.15) is 5.56 Å². The Morgan fingerprint density at radius 1 is 0.479 bits per heavy atom. The van der Waals surface area contributed by atoms with E-state index in [9.17, 15) is 5.26 Å². The molecular weight excluding hydrogens is 585 g/mol. The van der Waals surface area contributed by atoms with E-state index in [0.717, 1.165) is 55.4 Å². The van der Waals surface area contributed by atoms with Crippen molar-refractivity contribution in [1.82, 2.24) is 9.13 Å². The lowest BCUT2D eigenvalue weighted by Crippen LogP contribution is -1.98. The molecule has 7 aromatic carbocycles.